The van der Waals surface area contributed by atoms with Gasteiger partial charge in [0.2, 0.25) is 0 Å². The van der Waals surface area contributed by atoms with Crippen molar-refractivity contribution < 1.29 is 13.5 Å². The van der Waals surface area contributed by atoms with Crippen LogP contribution in [0.3, 0.4) is 0 Å². The van der Waals surface area contributed by atoms with Gasteiger partial charge in [-0.3, -0.25) is 0 Å². The molecule has 1 heterocycles. The highest BCUT2D eigenvalue weighted by Gasteiger charge is 2.26. The summed E-state index contributed by atoms with van der Waals surface area (Å²) in [6.45, 7) is 1.71. The zero-order valence-electron chi connectivity index (χ0n) is 10.7. The zero-order valence-corrected chi connectivity index (χ0v) is 12.3. The van der Waals surface area contributed by atoms with Crippen molar-refractivity contribution in [3.63, 3.8) is 0 Å². The Hall–Kier alpha value is -0.630. The third-order valence-electron chi connectivity index (χ3n) is 2.65. The lowest BCUT2D eigenvalue weighted by Crippen LogP contribution is -2.37. The molecule has 0 aromatic carbocycles. The molecule has 0 bridgehead atoms. The Labute approximate surface area is 112 Å². The number of thioether (sulfide) groups is 1. The molecule has 1 N–H and O–H groups in total. The van der Waals surface area contributed by atoms with Gasteiger partial charge < -0.3 is 5.11 Å². The molecule has 1 aromatic rings. The summed E-state index contributed by atoms with van der Waals surface area (Å²) in [6, 6.07) is 2.89. The van der Waals surface area contributed by atoms with Crippen LogP contribution in [0.5, 0.6) is 0 Å². The Morgan fingerprint density at radius 1 is 1.50 bits per heavy atom. The number of rotatable bonds is 6. The lowest BCUT2D eigenvalue weighted by molar-refractivity contribution is 0.281. The van der Waals surface area contributed by atoms with Crippen molar-refractivity contribution >= 4 is 21.8 Å². The van der Waals surface area contributed by atoms with Gasteiger partial charge in [-0.25, -0.2) is 13.4 Å². The zero-order chi connectivity index (χ0) is 13.8. The molecule has 1 unspecified atom stereocenters. The summed E-state index contributed by atoms with van der Waals surface area (Å²) in [4.78, 5) is 3.89. The molecule has 7 heteroatoms. The molecule has 0 aliphatic rings. The van der Waals surface area contributed by atoms with E-state index >= 15 is 0 Å². The van der Waals surface area contributed by atoms with Crippen LogP contribution in [0.4, 0.5) is 0 Å². The summed E-state index contributed by atoms with van der Waals surface area (Å²) in [6.07, 6.45) is 3.31. The first-order chi connectivity index (χ1) is 8.43. The quantitative estimate of drug-likeness (QED) is 0.844. The average Bonchev–Trinajstić information content (AvgIpc) is 2.38. The summed E-state index contributed by atoms with van der Waals surface area (Å²) in [7, 11) is -2.00. The monoisotopic (exact) mass is 290 g/mol. The van der Waals surface area contributed by atoms with Gasteiger partial charge in [0.25, 0.3) is 10.0 Å². The van der Waals surface area contributed by atoms with Crippen LogP contribution in [0.2, 0.25) is 0 Å². The molecule has 0 saturated heterocycles. The van der Waals surface area contributed by atoms with E-state index in [-0.39, 0.29) is 17.7 Å². The van der Waals surface area contributed by atoms with Gasteiger partial charge in [-0.1, -0.05) is 6.07 Å². The summed E-state index contributed by atoms with van der Waals surface area (Å²) in [5.74, 6) is 0.727. The fourth-order valence-electron chi connectivity index (χ4n) is 1.39. The number of aliphatic hydroxyl groups excluding tert-OH is 1. The Kier molecular flexibility index (Phi) is 5.58. The highest BCUT2D eigenvalue weighted by molar-refractivity contribution is 7.98. The van der Waals surface area contributed by atoms with E-state index in [1.165, 1.54) is 16.6 Å². The molecule has 0 radical (unpaired) electrons. The molecule has 0 aliphatic heterocycles. The summed E-state index contributed by atoms with van der Waals surface area (Å²) in [5.41, 5.74) is 0.591. The third-order valence-corrected chi connectivity index (χ3v) is 5.36. The molecular formula is C11H18N2O3S2. The second kappa shape index (κ2) is 6.51. The summed E-state index contributed by atoms with van der Waals surface area (Å²) >= 11 is 1.60. The molecule has 0 amide bonds. The lowest BCUT2D eigenvalue weighted by Gasteiger charge is -2.23. The first-order valence-corrected chi connectivity index (χ1v) is 8.29. The Morgan fingerprint density at radius 3 is 2.61 bits per heavy atom. The molecule has 1 aromatic heterocycles. The minimum Gasteiger partial charge on any atom is -0.392 e. The van der Waals surface area contributed by atoms with Gasteiger partial charge in [-0.05, 0) is 24.8 Å². The fourth-order valence-corrected chi connectivity index (χ4v) is 3.46. The second-order valence-corrected chi connectivity index (χ2v) is 6.84. The number of hydrogen-bond acceptors (Lipinski definition) is 5. The smallest absolute Gasteiger partial charge is 0.260 e. The minimum atomic E-state index is -3.56. The van der Waals surface area contributed by atoms with Gasteiger partial charge >= 0.3 is 0 Å². The maximum absolute atomic E-state index is 12.2. The van der Waals surface area contributed by atoms with Crippen LogP contribution >= 0.6 is 11.8 Å². The predicted octanol–water partition coefficient (Wildman–Crippen LogP) is 0.946. The number of pyridine rings is 1. The molecule has 0 fully saturated rings. The van der Waals surface area contributed by atoms with Crippen LogP contribution in [0.1, 0.15) is 12.5 Å². The first kappa shape index (κ1) is 15.4. The second-order valence-electron chi connectivity index (χ2n) is 3.99. The molecule has 102 valence electrons. The topological polar surface area (TPSA) is 70.5 Å². The third kappa shape index (κ3) is 3.44. The standard InChI is InChI=1S/C11H18N2O3S2/c1-9(8-17-3)13(2)18(15,16)11-5-4-10(7-14)6-12-11/h4-6,9,14H,7-8H2,1-3H3. The van der Waals surface area contributed by atoms with Crippen molar-refractivity contribution in [2.24, 2.45) is 0 Å². The largest absolute Gasteiger partial charge is 0.392 e. The first-order valence-electron chi connectivity index (χ1n) is 5.46. The van der Waals surface area contributed by atoms with Gasteiger partial charge in [-0.2, -0.15) is 16.1 Å². The highest BCUT2D eigenvalue weighted by Crippen LogP contribution is 2.16. The number of aromatic nitrogens is 1. The van der Waals surface area contributed by atoms with Crippen LogP contribution in [-0.4, -0.2) is 47.9 Å². The van der Waals surface area contributed by atoms with Crippen molar-refractivity contribution in [3.8, 4) is 0 Å². The van der Waals surface area contributed by atoms with Crippen LogP contribution in [0, 0.1) is 0 Å². The molecule has 0 aliphatic carbocycles. The van der Waals surface area contributed by atoms with Gasteiger partial charge in [0, 0.05) is 25.0 Å². The molecule has 1 rings (SSSR count). The van der Waals surface area contributed by atoms with E-state index in [4.69, 9.17) is 5.11 Å². The lowest BCUT2D eigenvalue weighted by atomic mass is 10.3. The number of nitrogens with zero attached hydrogens (tertiary/aromatic N) is 2. The highest BCUT2D eigenvalue weighted by atomic mass is 32.2. The predicted molar refractivity (Wildman–Crippen MR) is 73.0 cm³/mol. The average molecular weight is 290 g/mol. The molecule has 0 saturated carbocycles. The van der Waals surface area contributed by atoms with E-state index in [0.29, 0.717) is 5.56 Å². The maximum atomic E-state index is 12.2. The van der Waals surface area contributed by atoms with E-state index in [2.05, 4.69) is 4.98 Å². The van der Waals surface area contributed by atoms with E-state index in [0.717, 1.165) is 5.75 Å². The van der Waals surface area contributed by atoms with E-state index in [9.17, 15) is 8.42 Å². The summed E-state index contributed by atoms with van der Waals surface area (Å²) < 4.78 is 25.8. The summed E-state index contributed by atoms with van der Waals surface area (Å²) in [5, 5.41) is 8.91. The number of aliphatic hydroxyl groups is 1. The molecule has 0 spiro atoms. The Balaban J connectivity index is 2.97. The molecular weight excluding hydrogens is 272 g/mol. The van der Waals surface area contributed by atoms with Crippen molar-refractivity contribution in [3.05, 3.63) is 23.9 Å². The van der Waals surface area contributed by atoms with E-state index in [1.54, 1.807) is 24.9 Å². The van der Waals surface area contributed by atoms with Gasteiger partial charge in [0.15, 0.2) is 5.03 Å². The minimum absolute atomic E-state index is 0.00940. The van der Waals surface area contributed by atoms with Crippen molar-refractivity contribution in [1.29, 1.82) is 0 Å². The van der Waals surface area contributed by atoms with Gasteiger partial charge in [0.1, 0.15) is 0 Å². The van der Waals surface area contributed by atoms with Crippen LogP contribution in [-0.2, 0) is 16.6 Å². The van der Waals surface area contributed by atoms with Crippen molar-refractivity contribution in [1.82, 2.24) is 9.29 Å². The van der Waals surface area contributed by atoms with Crippen LogP contribution in [0.25, 0.3) is 0 Å². The van der Waals surface area contributed by atoms with E-state index < -0.39 is 10.0 Å². The molecule has 18 heavy (non-hydrogen) atoms. The Bertz CT molecular complexity index is 474. The fraction of sp³-hybridized carbons (Fsp3) is 0.545. The van der Waals surface area contributed by atoms with E-state index in [1.807, 2.05) is 13.2 Å². The number of sulfonamides is 1. The van der Waals surface area contributed by atoms with Gasteiger partial charge in [0.05, 0.1) is 6.61 Å². The normalized spacial score (nSPS) is 13.8. The van der Waals surface area contributed by atoms with Crippen molar-refractivity contribution in [2.45, 2.75) is 24.6 Å². The Morgan fingerprint density at radius 2 is 2.17 bits per heavy atom. The number of hydrogen-bond donors (Lipinski definition) is 1. The maximum Gasteiger partial charge on any atom is 0.260 e. The van der Waals surface area contributed by atoms with Crippen LogP contribution in [0.15, 0.2) is 23.4 Å². The van der Waals surface area contributed by atoms with Crippen LogP contribution < -0.4 is 0 Å². The SMILES string of the molecule is CSCC(C)N(C)S(=O)(=O)c1ccc(CO)cn1. The van der Waals surface area contributed by atoms with Crippen molar-refractivity contribution in [2.75, 3.05) is 19.1 Å². The molecule has 1 atom stereocenters. The van der Waals surface area contributed by atoms with Gasteiger partial charge in [-0.15, -0.1) is 0 Å². The molecule has 5 nitrogen and oxygen atoms in total.